The lowest BCUT2D eigenvalue weighted by Gasteiger charge is -2.50. The minimum Gasteiger partial charge on any atom is -0.107 e. The van der Waals surface area contributed by atoms with Crippen molar-refractivity contribution in [3.8, 4) is 0 Å². The van der Waals surface area contributed by atoms with Crippen molar-refractivity contribution in [1.29, 1.82) is 0 Å². The Labute approximate surface area is 207 Å². The van der Waals surface area contributed by atoms with Gasteiger partial charge in [-0.25, -0.2) is 0 Å². The fraction of sp³-hybridized carbons (Fsp3) is 0.556. The second-order valence-corrected chi connectivity index (χ2v) is 112. The van der Waals surface area contributed by atoms with Gasteiger partial charge in [-0.2, -0.15) is 0 Å². The summed E-state index contributed by atoms with van der Waals surface area (Å²) in [5.74, 6) is 0.728. The Kier molecular flexibility index (Phi) is 9.72. The zero-order valence-corrected chi connectivity index (χ0v) is 28.3. The third-order valence-corrected chi connectivity index (χ3v) is 207. The molecule has 1 aliphatic carbocycles. The van der Waals surface area contributed by atoms with Crippen molar-refractivity contribution in [3.05, 3.63) is 24.3 Å². The first-order valence-electron chi connectivity index (χ1n) is 5.57. The molecule has 0 saturated heterocycles. The van der Waals surface area contributed by atoms with Crippen LogP contribution < -0.4 is 0 Å². The molecule has 1 atom stereocenters. The van der Waals surface area contributed by atoms with Crippen LogP contribution in [0.15, 0.2) is 24.3 Å². The van der Waals surface area contributed by atoms with Crippen molar-refractivity contribution in [1.82, 2.24) is 0 Å². The SMILES string of the molecule is CC(C)C1([Si](I)(I)[Si](I)(I)[Si](I)(I)I)C=CC=CC1. The van der Waals surface area contributed by atoms with E-state index in [9.17, 15) is 0 Å². The van der Waals surface area contributed by atoms with Crippen LogP contribution in [-0.4, -0.2) is 4.77 Å². The van der Waals surface area contributed by atoms with E-state index in [0.717, 1.165) is 5.92 Å². The molecule has 0 heterocycles. The smallest absolute Gasteiger partial charge is 0.107 e. The van der Waals surface area contributed by atoms with Gasteiger partial charge < -0.3 is 0 Å². The van der Waals surface area contributed by atoms with Gasteiger partial charge in [0.25, 0.3) is 0.0813 Å². The van der Waals surface area contributed by atoms with Crippen LogP contribution in [0.3, 0.4) is 0 Å². The molecule has 0 aromatic carbocycles. The number of allylic oxidation sites excluding steroid dienone is 4. The Morgan fingerprint density at radius 3 is 1.79 bits per heavy atom. The zero-order valence-electron chi connectivity index (χ0n) is 10.2. The van der Waals surface area contributed by atoms with Crippen molar-refractivity contribution in [2.45, 2.75) is 25.3 Å². The van der Waals surface area contributed by atoms with E-state index in [-0.39, 0.29) is 0 Å². The van der Waals surface area contributed by atoms with Crippen molar-refractivity contribution in [2.75, 3.05) is 0 Å². The van der Waals surface area contributed by atoms with Crippen molar-refractivity contribution < 1.29 is 0 Å². The molecule has 0 radical (unpaired) electrons. The monoisotopic (exact) mass is 1090 g/mol. The van der Waals surface area contributed by atoms with E-state index >= 15 is 0 Å². The highest BCUT2D eigenvalue weighted by molar-refractivity contribution is 14.4. The molecular formula is C9H13I7Si3. The lowest BCUT2D eigenvalue weighted by molar-refractivity contribution is 0.486. The van der Waals surface area contributed by atoms with E-state index in [1.54, 1.807) is 0 Å². The maximum Gasteiger partial charge on any atom is 0.263 e. The zero-order chi connectivity index (χ0) is 15.1. The minimum atomic E-state index is -1.43. The van der Waals surface area contributed by atoms with Gasteiger partial charge in [0.1, 0.15) is 0 Å². The molecule has 0 spiro atoms. The molecule has 10 heteroatoms. The quantitative estimate of drug-likeness (QED) is 0.153. The first kappa shape index (κ1) is 22.3. The van der Waals surface area contributed by atoms with Crippen LogP contribution in [0.25, 0.3) is 0 Å². The normalized spacial score (nSPS) is 25.2. The molecule has 0 fully saturated rings. The number of rotatable bonds is 4. The first-order valence-corrected chi connectivity index (χ1v) is 35.4. The molecule has 0 aromatic rings. The van der Waals surface area contributed by atoms with Crippen molar-refractivity contribution in [2.24, 2.45) is 5.92 Å². The van der Waals surface area contributed by atoms with E-state index in [1.165, 1.54) is 6.42 Å². The van der Waals surface area contributed by atoms with Crippen molar-refractivity contribution in [3.63, 3.8) is 0 Å². The Bertz CT molecular complexity index is 399. The Morgan fingerprint density at radius 1 is 0.947 bits per heavy atom. The summed E-state index contributed by atoms with van der Waals surface area (Å²) in [6.45, 7) is 4.86. The van der Waals surface area contributed by atoms with Crippen LogP contribution in [0.2, 0.25) is 5.04 Å². The van der Waals surface area contributed by atoms with E-state index in [1.807, 2.05) is 0 Å². The van der Waals surface area contributed by atoms with Crippen LogP contribution in [0.1, 0.15) is 20.3 Å². The van der Waals surface area contributed by atoms with Crippen LogP contribution in [0.5, 0.6) is 0 Å². The minimum absolute atomic E-state index is 0.428. The second kappa shape index (κ2) is 8.29. The topological polar surface area (TPSA) is 0 Å². The molecule has 1 unspecified atom stereocenters. The van der Waals surface area contributed by atoms with E-state index in [2.05, 4.69) is 191 Å². The summed E-state index contributed by atoms with van der Waals surface area (Å²) in [4.78, 5) is 0. The lowest BCUT2D eigenvalue weighted by atomic mass is 9.88. The van der Waals surface area contributed by atoms with E-state index in [4.69, 9.17) is 0 Å². The van der Waals surface area contributed by atoms with Gasteiger partial charge in [-0.15, -0.1) is 87.2 Å². The molecule has 0 saturated carbocycles. The summed E-state index contributed by atoms with van der Waals surface area (Å²) in [5.41, 5.74) is 0. The fourth-order valence-electron chi connectivity index (χ4n) is 2.13. The van der Waals surface area contributed by atoms with Gasteiger partial charge in [0.05, 0.1) is 0 Å². The van der Waals surface area contributed by atoms with Gasteiger partial charge in [-0.05, 0) is 12.3 Å². The van der Waals surface area contributed by atoms with Gasteiger partial charge >= 0.3 is 0 Å². The predicted octanol–water partition coefficient (Wildman–Crippen LogP) is 7.92. The highest BCUT2D eigenvalue weighted by atomic mass is 127. The summed E-state index contributed by atoms with van der Waals surface area (Å²) in [6, 6.07) is 0. The maximum absolute atomic E-state index is 2.94. The standard InChI is InChI=1S/C9H13I7Si3/c1-8(2)9(6-4-3-5-7-9)17(10,11)19(15,16)18(12,13)14/h3-6,8H,7H2,1-2H3. The van der Waals surface area contributed by atoms with Crippen molar-refractivity contribution >= 4 is 157 Å². The third-order valence-electron chi connectivity index (χ3n) is 3.46. The van der Waals surface area contributed by atoms with Gasteiger partial charge in [0, 0.05) is 5.04 Å². The molecule has 0 amide bonds. The summed E-state index contributed by atoms with van der Waals surface area (Å²) in [7, 11) is 0. The molecule has 0 bridgehead atoms. The van der Waals surface area contributed by atoms with Crippen LogP contribution in [0.4, 0.5) is 0 Å². The predicted molar refractivity (Wildman–Crippen MR) is 156 cm³/mol. The highest BCUT2D eigenvalue weighted by Crippen LogP contribution is 2.67. The van der Waals surface area contributed by atoms with Gasteiger partial charge in [-0.1, -0.05) is 104 Å². The highest BCUT2D eigenvalue weighted by Gasteiger charge is 2.69. The molecule has 1 aliphatic rings. The van der Waals surface area contributed by atoms with Gasteiger partial charge in [0.2, 0.25) is 4.69 Å². The summed E-state index contributed by atoms with van der Waals surface area (Å²) >= 11 is 20.2. The first-order chi connectivity index (χ1) is 8.40. The summed E-state index contributed by atoms with van der Waals surface area (Å²) < 4.78 is -3.90. The third kappa shape index (κ3) is 4.51. The summed E-state index contributed by atoms with van der Waals surface area (Å²) in [5, 5.41) is 0.428. The molecule has 1 rings (SSSR count). The van der Waals surface area contributed by atoms with E-state index in [0.29, 0.717) is 5.04 Å². The molecule has 0 nitrogen and oxygen atoms in total. The number of halogens is 7. The molecule has 19 heavy (non-hydrogen) atoms. The van der Waals surface area contributed by atoms with E-state index < -0.39 is 4.77 Å². The molecule has 0 N–H and O–H groups in total. The molecular weight excluding hydrogens is 1080 g/mol. The average Bonchev–Trinajstić information content (AvgIpc) is 2.27. The fourth-order valence-corrected chi connectivity index (χ4v) is 167. The van der Waals surface area contributed by atoms with Crippen LogP contribution in [-0.2, 0) is 0 Å². The largest absolute Gasteiger partial charge is 0.263 e. The van der Waals surface area contributed by atoms with Gasteiger partial charge in [0.15, 0.2) is 0 Å². The van der Waals surface area contributed by atoms with Gasteiger partial charge in [-0.3, -0.25) is 0 Å². The van der Waals surface area contributed by atoms with Crippen LogP contribution >= 0.6 is 153 Å². The van der Waals surface area contributed by atoms with Crippen LogP contribution in [0, 0.1) is 5.92 Å². The average molecular weight is 1090 g/mol. The Balaban J connectivity index is 3.38. The number of hydrogen-bond donors (Lipinski definition) is 0. The summed E-state index contributed by atoms with van der Waals surface area (Å²) in [6.07, 6.45) is 10.7. The Morgan fingerprint density at radius 2 is 1.47 bits per heavy atom. The molecule has 0 aromatic heterocycles. The lowest BCUT2D eigenvalue weighted by Crippen LogP contribution is -2.63. The maximum atomic E-state index is 2.94. The molecule has 110 valence electrons. The Hall–Kier alpha value is 5.24. The molecule has 0 aliphatic heterocycles. The second-order valence-electron chi connectivity index (χ2n) is 4.83. The number of hydrogen-bond acceptors (Lipinski definition) is 0.